The van der Waals surface area contributed by atoms with Gasteiger partial charge in [0.1, 0.15) is 12.3 Å². The molecule has 0 radical (unpaired) electrons. The van der Waals surface area contributed by atoms with Gasteiger partial charge in [0.2, 0.25) is 11.8 Å². The number of amides is 2. The van der Waals surface area contributed by atoms with Gasteiger partial charge in [-0.1, -0.05) is 24.3 Å². The number of para-hydroxylation sites is 2. The molecular formula is C20H24N2O3. The molecule has 132 valence electrons. The van der Waals surface area contributed by atoms with Crippen LogP contribution >= 0.6 is 0 Å². The molecule has 0 aromatic heterocycles. The van der Waals surface area contributed by atoms with Crippen molar-refractivity contribution in [2.75, 3.05) is 23.4 Å². The molecule has 0 unspecified atom stereocenters. The van der Waals surface area contributed by atoms with Gasteiger partial charge < -0.3 is 10.1 Å². The molecule has 5 heteroatoms. The highest BCUT2D eigenvalue weighted by Crippen LogP contribution is 2.28. The second-order valence-corrected chi connectivity index (χ2v) is 5.80. The van der Waals surface area contributed by atoms with E-state index in [1.165, 1.54) is 11.8 Å². The van der Waals surface area contributed by atoms with Gasteiger partial charge in [-0.15, -0.1) is 0 Å². The van der Waals surface area contributed by atoms with Crippen molar-refractivity contribution in [3.05, 3.63) is 53.6 Å². The highest BCUT2D eigenvalue weighted by atomic mass is 16.5. The molecule has 0 spiro atoms. The van der Waals surface area contributed by atoms with Gasteiger partial charge in [-0.25, -0.2) is 0 Å². The number of anilines is 2. The summed E-state index contributed by atoms with van der Waals surface area (Å²) in [6.45, 7) is 7.67. The van der Waals surface area contributed by atoms with Crippen LogP contribution in [-0.2, 0) is 9.59 Å². The minimum absolute atomic E-state index is 0.0766. The monoisotopic (exact) mass is 340 g/mol. The minimum atomic E-state index is -0.254. The Labute approximate surface area is 148 Å². The number of hydrogen-bond donors (Lipinski definition) is 1. The number of hydrogen-bond acceptors (Lipinski definition) is 3. The number of carbonyl (C=O) groups is 2. The van der Waals surface area contributed by atoms with E-state index in [1.807, 2.05) is 51.1 Å². The van der Waals surface area contributed by atoms with E-state index in [0.29, 0.717) is 18.0 Å². The van der Waals surface area contributed by atoms with E-state index >= 15 is 0 Å². The Kier molecular flexibility index (Phi) is 6.17. The molecule has 0 atom stereocenters. The fourth-order valence-corrected chi connectivity index (χ4v) is 2.54. The lowest BCUT2D eigenvalue weighted by atomic mass is 10.1. The largest absolute Gasteiger partial charge is 0.492 e. The van der Waals surface area contributed by atoms with E-state index in [1.54, 1.807) is 12.1 Å². The second-order valence-electron chi connectivity index (χ2n) is 5.80. The van der Waals surface area contributed by atoms with Crippen molar-refractivity contribution >= 4 is 23.2 Å². The van der Waals surface area contributed by atoms with Crippen LogP contribution in [0.25, 0.3) is 0 Å². The second kappa shape index (κ2) is 8.33. The third-order valence-corrected chi connectivity index (χ3v) is 4.02. The molecular weight excluding hydrogens is 316 g/mol. The van der Waals surface area contributed by atoms with Crippen molar-refractivity contribution in [3.8, 4) is 5.75 Å². The number of nitrogens with one attached hydrogen (secondary N) is 1. The van der Waals surface area contributed by atoms with Crippen LogP contribution in [0.3, 0.4) is 0 Å². The van der Waals surface area contributed by atoms with Crippen molar-refractivity contribution in [1.82, 2.24) is 0 Å². The molecule has 0 fully saturated rings. The summed E-state index contributed by atoms with van der Waals surface area (Å²) < 4.78 is 5.58. The van der Waals surface area contributed by atoms with Crippen molar-refractivity contribution in [2.45, 2.75) is 27.7 Å². The first-order valence-corrected chi connectivity index (χ1v) is 8.30. The Hall–Kier alpha value is -2.82. The number of aryl methyl sites for hydroxylation is 1. The Morgan fingerprint density at radius 3 is 2.48 bits per heavy atom. The van der Waals surface area contributed by atoms with Crippen LogP contribution in [-0.4, -0.2) is 25.0 Å². The minimum Gasteiger partial charge on any atom is -0.492 e. The van der Waals surface area contributed by atoms with Crippen LogP contribution in [0.1, 0.15) is 25.0 Å². The maximum Gasteiger partial charge on any atom is 0.244 e. The normalized spacial score (nSPS) is 10.2. The van der Waals surface area contributed by atoms with Gasteiger partial charge in [0.05, 0.1) is 12.3 Å². The van der Waals surface area contributed by atoms with Gasteiger partial charge in [0.25, 0.3) is 0 Å². The zero-order chi connectivity index (χ0) is 18.4. The van der Waals surface area contributed by atoms with E-state index in [4.69, 9.17) is 4.74 Å². The number of benzene rings is 2. The average Bonchev–Trinajstić information content (AvgIpc) is 2.58. The third-order valence-electron chi connectivity index (χ3n) is 4.02. The fraction of sp³-hybridized carbons (Fsp3) is 0.300. The summed E-state index contributed by atoms with van der Waals surface area (Å²) in [5.74, 6) is 0.109. The summed E-state index contributed by atoms with van der Waals surface area (Å²) in [4.78, 5) is 26.0. The SMILES string of the molecule is CCOc1ccccc1N(CC(=O)Nc1cccc(C)c1C)C(C)=O. The topological polar surface area (TPSA) is 58.6 Å². The van der Waals surface area contributed by atoms with E-state index in [9.17, 15) is 9.59 Å². The van der Waals surface area contributed by atoms with Gasteiger partial charge in [0.15, 0.2) is 0 Å². The van der Waals surface area contributed by atoms with Crippen LogP contribution in [0, 0.1) is 13.8 Å². The smallest absolute Gasteiger partial charge is 0.244 e. The quantitative estimate of drug-likeness (QED) is 0.872. The lowest BCUT2D eigenvalue weighted by Gasteiger charge is -2.23. The van der Waals surface area contributed by atoms with Crippen LogP contribution in [0.2, 0.25) is 0 Å². The maximum absolute atomic E-state index is 12.5. The number of ether oxygens (including phenoxy) is 1. The van der Waals surface area contributed by atoms with Crippen molar-refractivity contribution < 1.29 is 14.3 Å². The molecule has 0 heterocycles. The van der Waals surface area contributed by atoms with Gasteiger partial charge in [0, 0.05) is 12.6 Å². The first-order chi connectivity index (χ1) is 11.9. The molecule has 0 aliphatic heterocycles. The molecule has 2 aromatic carbocycles. The molecule has 0 saturated carbocycles. The first-order valence-electron chi connectivity index (χ1n) is 8.30. The highest BCUT2D eigenvalue weighted by molar-refractivity contribution is 6.02. The molecule has 5 nitrogen and oxygen atoms in total. The molecule has 2 aromatic rings. The van der Waals surface area contributed by atoms with E-state index in [0.717, 1.165) is 16.8 Å². The van der Waals surface area contributed by atoms with Gasteiger partial charge in [-0.2, -0.15) is 0 Å². The summed E-state index contributed by atoms with van der Waals surface area (Å²) in [6, 6.07) is 13.0. The zero-order valence-electron chi connectivity index (χ0n) is 15.1. The highest BCUT2D eigenvalue weighted by Gasteiger charge is 2.19. The van der Waals surface area contributed by atoms with Crippen molar-refractivity contribution in [3.63, 3.8) is 0 Å². The Bertz CT molecular complexity index is 771. The Morgan fingerprint density at radius 2 is 1.80 bits per heavy atom. The van der Waals surface area contributed by atoms with Gasteiger partial charge in [-0.05, 0) is 50.1 Å². The van der Waals surface area contributed by atoms with Crippen LogP contribution in [0.4, 0.5) is 11.4 Å². The molecule has 2 amide bonds. The molecule has 0 bridgehead atoms. The van der Waals surface area contributed by atoms with E-state index < -0.39 is 0 Å². The van der Waals surface area contributed by atoms with E-state index in [-0.39, 0.29) is 18.4 Å². The lowest BCUT2D eigenvalue weighted by Crippen LogP contribution is -2.37. The molecule has 1 N–H and O–H groups in total. The third kappa shape index (κ3) is 4.59. The maximum atomic E-state index is 12.5. The predicted octanol–water partition coefficient (Wildman–Crippen LogP) is 3.69. The molecule has 0 aliphatic carbocycles. The summed E-state index contributed by atoms with van der Waals surface area (Å²) in [7, 11) is 0. The van der Waals surface area contributed by atoms with Crippen LogP contribution < -0.4 is 15.0 Å². The Morgan fingerprint density at radius 1 is 1.08 bits per heavy atom. The standard InChI is InChI=1S/C20H24N2O3/c1-5-25-19-12-7-6-11-18(19)22(16(4)23)13-20(24)21-17-10-8-9-14(2)15(17)3/h6-12H,5,13H2,1-4H3,(H,21,24). The summed E-state index contributed by atoms with van der Waals surface area (Å²) in [6.07, 6.45) is 0. The summed E-state index contributed by atoms with van der Waals surface area (Å²) >= 11 is 0. The Balaban J connectivity index is 2.21. The number of rotatable bonds is 6. The lowest BCUT2D eigenvalue weighted by molar-refractivity contribution is -0.120. The summed E-state index contributed by atoms with van der Waals surface area (Å²) in [5, 5.41) is 2.88. The molecule has 0 aliphatic rings. The molecule has 2 rings (SSSR count). The zero-order valence-corrected chi connectivity index (χ0v) is 15.1. The number of nitrogens with zero attached hydrogens (tertiary/aromatic N) is 1. The summed E-state index contributed by atoms with van der Waals surface area (Å²) in [5.41, 5.74) is 3.46. The van der Waals surface area contributed by atoms with Gasteiger partial charge >= 0.3 is 0 Å². The average molecular weight is 340 g/mol. The van der Waals surface area contributed by atoms with E-state index in [2.05, 4.69) is 5.32 Å². The number of carbonyl (C=O) groups excluding carboxylic acids is 2. The predicted molar refractivity (Wildman–Crippen MR) is 100 cm³/mol. The van der Waals surface area contributed by atoms with Gasteiger partial charge in [-0.3, -0.25) is 14.5 Å². The molecule has 25 heavy (non-hydrogen) atoms. The fourth-order valence-electron chi connectivity index (χ4n) is 2.54. The van der Waals surface area contributed by atoms with Crippen LogP contribution in [0.15, 0.2) is 42.5 Å². The van der Waals surface area contributed by atoms with Crippen LogP contribution in [0.5, 0.6) is 5.75 Å². The van der Waals surface area contributed by atoms with Crippen molar-refractivity contribution in [2.24, 2.45) is 0 Å². The molecule has 0 saturated heterocycles. The van der Waals surface area contributed by atoms with Crippen molar-refractivity contribution in [1.29, 1.82) is 0 Å². The first kappa shape index (κ1) is 18.5.